The van der Waals surface area contributed by atoms with E-state index in [1.807, 2.05) is 29.1 Å². The average Bonchev–Trinajstić information content (AvgIpc) is 3.54. The van der Waals surface area contributed by atoms with Crippen LogP contribution in [0, 0.1) is 0 Å². The van der Waals surface area contributed by atoms with Gasteiger partial charge in [0, 0.05) is 24.3 Å². The number of esters is 1. The minimum Gasteiger partial charge on any atom is -0.477 e. The van der Waals surface area contributed by atoms with Crippen LogP contribution in [0.5, 0.6) is 5.75 Å². The summed E-state index contributed by atoms with van der Waals surface area (Å²) in [6.07, 6.45) is 6.88. The van der Waals surface area contributed by atoms with Gasteiger partial charge >= 0.3 is 5.97 Å². The zero-order valence-electron chi connectivity index (χ0n) is 18.8. The number of ether oxygens (including phenoxy) is 2. The Hall–Kier alpha value is -3.59. The van der Waals surface area contributed by atoms with Gasteiger partial charge in [0.15, 0.2) is 12.7 Å². The van der Waals surface area contributed by atoms with E-state index in [0.717, 1.165) is 36.2 Å². The predicted octanol–water partition coefficient (Wildman–Crippen LogP) is 3.11. The van der Waals surface area contributed by atoms with Crippen molar-refractivity contribution < 1.29 is 23.9 Å². The molecule has 3 aromatic rings. The van der Waals surface area contributed by atoms with Gasteiger partial charge in [0.2, 0.25) is 0 Å². The first kappa shape index (κ1) is 22.2. The summed E-state index contributed by atoms with van der Waals surface area (Å²) >= 11 is 1.61. The number of hydrogen-bond donors (Lipinski definition) is 1. The van der Waals surface area contributed by atoms with Gasteiger partial charge in [0.05, 0.1) is 17.8 Å². The maximum absolute atomic E-state index is 13.3. The smallest absolute Gasteiger partial charge is 0.341 e. The van der Waals surface area contributed by atoms with E-state index in [1.165, 1.54) is 16.8 Å². The number of aromatic nitrogens is 1. The molecule has 1 aliphatic heterocycles. The SMILES string of the molecule is CNC(=O)C1CN(C(=O)COC(=O)c2c(-n3cccc3)sc3c2CCCC3)c2ccccc2O1. The Labute approximate surface area is 201 Å². The predicted molar refractivity (Wildman–Crippen MR) is 128 cm³/mol. The fourth-order valence-electron chi connectivity index (χ4n) is 4.46. The number of rotatable bonds is 5. The van der Waals surface area contributed by atoms with E-state index in [-0.39, 0.29) is 12.5 Å². The van der Waals surface area contributed by atoms with Crippen LogP contribution < -0.4 is 15.0 Å². The molecule has 1 atom stereocenters. The van der Waals surface area contributed by atoms with Crippen molar-refractivity contribution in [1.29, 1.82) is 0 Å². The molecule has 0 fully saturated rings. The van der Waals surface area contributed by atoms with E-state index >= 15 is 0 Å². The van der Waals surface area contributed by atoms with Crippen LogP contribution >= 0.6 is 11.3 Å². The summed E-state index contributed by atoms with van der Waals surface area (Å²) in [5.41, 5.74) is 2.13. The Morgan fingerprint density at radius 2 is 1.88 bits per heavy atom. The summed E-state index contributed by atoms with van der Waals surface area (Å²) in [6.45, 7) is -0.390. The van der Waals surface area contributed by atoms with Crippen LogP contribution in [0.3, 0.4) is 0 Å². The van der Waals surface area contributed by atoms with Gasteiger partial charge in [0.1, 0.15) is 10.8 Å². The lowest BCUT2D eigenvalue weighted by Crippen LogP contribution is -2.51. The van der Waals surface area contributed by atoms with E-state index in [9.17, 15) is 14.4 Å². The molecule has 3 heterocycles. The highest BCUT2D eigenvalue weighted by Gasteiger charge is 2.34. The Morgan fingerprint density at radius 3 is 2.68 bits per heavy atom. The molecule has 2 aromatic heterocycles. The van der Waals surface area contributed by atoms with E-state index in [1.54, 1.807) is 35.6 Å². The van der Waals surface area contributed by atoms with E-state index in [0.29, 0.717) is 17.0 Å². The summed E-state index contributed by atoms with van der Waals surface area (Å²) < 4.78 is 13.2. The molecule has 34 heavy (non-hydrogen) atoms. The fraction of sp³-hybridized carbons (Fsp3) is 0.320. The topological polar surface area (TPSA) is 89.9 Å². The van der Waals surface area contributed by atoms with Gasteiger partial charge < -0.3 is 24.3 Å². The Kier molecular flexibility index (Phi) is 6.10. The lowest BCUT2D eigenvalue weighted by Gasteiger charge is -2.33. The number of hydrogen-bond acceptors (Lipinski definition) is 6. The molecule has 1 unspecified atom stereocenters. The lowest BCUT2D eigenvalue weighted by molar-refractivity contribution is -0.128. The molecule has 8 nitrogen and oxygen atoms in total. The number of nitrogens with zero attached hydrogens (tertiary/aromatic N) is 2. The number of carbonyl (C=O) groups is 3. The van der Waals surface area contributed by atoms with E-state index in [4.69, 9.17) is 9.47 Å². The molecule has 0 spiro atoms. The van der Waals surface area contributed by atoms with Crippen molar-refractivity contribution >= 4 is 34.8 Å². The number of nitrogens with one attached hydrogen (secondary N) is 1. The van der Waals surface area contributed by atoms with Gasteiger partial charge in [-0.1, -0.05) is 12.1 Å². The maximum atomic E-state index is 13.3. The molecule has 5 rings (SSSR count). The summed E-state index contributed by atoms with van der Waals surface area (Å²) in [4.78, 5) is 41.3. The van der Waals surface area contributed by atoms with Crippen LogP contribution in [-0.4, -0.2) is 48.7 Å². The van der Waals surface area contributed by atoms with Gasteiger partial charge in [-0.2, -0.15) is 0 Å². The summed E-state index contributed by atoms with van der Waals surface area (Å²) in [5, 5.41) is 3.38. The number of thiophene rings is 1. The minimum absolute atomic E-state index is 0.0372. The minimum atomic E-state index is -0.844. The van der Waals surface area contributed by atoms with Crippen molar-refractivity contribution in [3.05, 3.63) is 64.8 Å². The normalized spacial score (nSPS) is 16.7. The van der Waals surface area contributed by atoms with Crippen molar-refractivity contribution in [3.8, 4) is 10.8 Å². The second-order valence-corrected chi connectivity index (χ2v) is 9.33. The number of benzene rings is 1. The Balaban J connectivity index is 1.37. The van der Waals surface area contributed by atoms with Crippen molar-refractivity contribution in [1.82, 2.24) is 9.88 Å². The molecule has 1 N–H and O–H groups in total. The zero-order valence-corrected chi connectivity index (χ0v) is 19.6. The first-order valence-electron chi connectivity index (χ1n) is 11.3. The molecular weight excluding hydrogens is 454 g/mol. The highest BCUT2D eigenvalue weighted by atomic mass is 32.1. The third kappa shape index (κ3) is 4.07. The molecule has 0 saturated heterocycles. The van der Waals surface area contributed by atoms with Crippen LogP contribution in [0.1, 0.15) is 33.6 Å². The Morgan fingerprint density at radius 1 is 1.12 bits per heavy atom. The van der Waals surface area contributed by atoms with Crippen LogP contribution in [0.4, 0.5) is 5.69 Å². The highest BCUT2D eigenvalue weighted by molar-refractivity contribution is 7.15. The highest BCUT2D eigenvalue weighted by Crippen LogP contribution is 2.37. The first-order chi connectivity index (χ1) is 16.6. The molecule has 1 aromatic carbocycles. The third-order valence-electron chi connectivity index (χ3n) is 6.14. The number of anilines is 1. The Bertz CT molecular complexity index is 1230. The van der Waals surface area contributed by atoms with Crippen LogP contribution in [0.25, 0.3) is 5.00 Å². The van der Waals surface area contributed by atoms with Gasteiger partial charge in [-0.15, -0.1) is 11.3 Å². The standard InChI is InChI=1S/C25H25N3O5S/c1-26-23(30)19-14-28(17-9-3-4-10-18(17)33-19)21(29)15-32-25(31)22-16-8-2-5-11-20(16)34-24(22)27-12-6-7-13-27/h3-4,6-7,9-10,12-13,19H,2,5,8,11,14-15H2,1H3,(H,26,30). The first-order valence-corrected chi connectivity index (χ1v) is 12.1. The van der Waals surface area contributed by atoms with Crippen LogP contribution in [0.2, 0.25) is 0 Å². The zero-order chi connectivity index (χ0) is 23.7. The second-order valence-electron chi connectivity index (χ2n) is 8.25. The van der Waals surface area contributed by atoms with E-state index < -0.39 is 24.6 Å². The summed E-state index contributed by atoms with van der Waals surface area (Å²) in [6, 6.07) is 10.8. The monoisotopic (exact) mass is 479 g/mol. The molecule has 2 aliphatic rings. The number of para-hydroxylation sites is 2. The van der Waals surface area contributed by atoms with Crippen molar-refractivity contribution in [2.45, 2.75) is 31.8 Å². The molecule has 9 heteroatoms. The molecule has 2 amide bonds. The number of likely N-dealkylation sites (N-methyl/N-ethyl adjacent to an activating group) is 1. The number of carbonyl (C=O) groups excluding carboxylic acids is 3. The van der Waals surface area contributed by atoms with Crippen LogP contribution in [-0.2, 0) is 27.2 Å². The average molecular weight is 480 g/mol. The summed E-state index contributed by atoms with van der Waals surface area (Å²) in [7, 11) is 1.52. The third-order valence-corrected chi connectivity index (χ3v) is 7.44. The molecule has 0 saturated carbocycles. The van der Waals surface area contributed by atoms with Gasteiger partial charge in [0.25, 0.3) is 11.8 Å². The second kappa shape index (κ2) is 9.34. The largest absolute Gasteiger partial charge is 0.477 e. The fourth-order valence-corrected chi connectivity index (χ4v) is 5.80. The molecular formula is C25H25N3O5S. The van der Waals surface area contributed by atoms with Crippen molar-refractivity contribution in [2.75, 3.05) is 25.1 Å². The van der Waals surface area contributed by atoms with Gasteiger partial charge in [-0.3, -0.25) is 9.59 Å². The van der Waals surface area contributed by atoms with E-state index in [2.05, 4.69) is 5.32 Å². The number of aryl methyl sites for hydroxylation is 1. The van der Waals surface area contributed by atoms with Gasteiger partial charge in [-0.05, 0) is 55.5 Å². The molecule has 0 bridgehead atoms. The van der Waals surface area contributed by atoms with Crippen molar-refractivity contribution in [3.63, 3.8) is 0 Å². The molecule has 0 radical (unpaired) electrons. The van der Waals surface area contributed by atoms with Crippen molar-refractivity contribution in [2.24, 2.45) is 0 Å². The lowest BCUT2D eigenvalue weighted by atomic mass is 9.95. The quantitative estimate of drug-likeness (QED) is 0.568. The summed E-state index contributed by atoms with van der Waals surface area (Å²) in [5.74, 6) is -0.806. The molecule has 176 valence electrons. The number of fused-ring (bicyclic) bond motifs is 2. The van der Waals surface area contributed by atoms with Gasteiger partial charge in [-0.25, -0.2) is 4.79 Å². The molecule has 1 aliphatic carbocycles. The van der Waals surface area contributed by atoms with Crippen LogP contribution in [0.15, 0.2) is 48.8 Å². The number of amides is 2. The maximum Gasteiger partial charge on any atom is 0.341 e.